The Hall–Kier alpha value is -1.02. The largest absolute Gasteiger partial charge is 0.369 e. The van der Waals surface area contributed by atoms with Crippen molar-refractivity contribution in [2.45, 2.75) is 52.1 Å². The molecule has 0 aliphatic carbocycles. The van der Waals surface area contributed by atoms with Crippen molar-refractivity contribution >= 4 is 5.69 Å². The van der Waals surface area contributed by atoms with E-state index in [1.807, 2.05) is 0 Å². The minimum Gasteiger partial charge on any atom is -0.369 e. The van der Waals surface area contributed by atoms with Crippen LogP contribution in [0.1, 0.15) is 39.7 Å². The smallest absolute Gasteiger partial charge is 0.0401 e. The van der Waals surface area contributed by atoms with E-state index in [-0.39, 0.29) is 11.6 Å². The Balaban J connectivity index is 3.04. The van der Waals surface area contributed by atoms with Gasteiger partial charge in [-0.3, -0.25) is 0 Å². The van der Waals surface area contributed by atoms with E-state index in [0.29, 0.717) is 0 Å². The number of hydrogen-bond acceptors (Lipinski definition) is 2. The predicted octanol–water partition coefficient (Wildman–Crippen LogP) is 3.20. The summed E-state index contributed by atoms with van der Waals surface area (Å²) in [6.07, 6.45) is 2.05. The lowest BCUT2D eigenvalue weighted by molar-refractivity contribution is 0.469. The fourth-order valence-electron chi connectivity index (χ4n) is 1.92. The molecule has 1 unspecified atom stereocenters. The molecule has 0 saturated heterocycles. The highest BCUT2D eigenvalue weighted by Gasteiger charge is 2.23. The van der Waals surface area contributed by atoms with Crippen LogP contribution in [0.3, 0.4) is 0 Å². The molecule has 0 radical (unpaired) electrons. The van der Waals surface area contributed by atoms with Gasteiger partial charge in [-0.05, 0) is 45.2 Å². The second-order valence-corrected chi connectivity index (χ2v) is 5.54. The van der Waals surface area contributed by atoms with Gasteiger partial charge in [0.15, 0.2) is 0 Å². The number of hydrogen-bond donors (Lipinski definition) is 1. The van der Waals surface area contributed by atoms with E-state index in [1.165, 1.54) is 11.3 Å². The zero-order valence-corrected chi connectivity index (χ0v) is 11.8. The van der Waals surface area contributed by atoms with Crippen LogP contribution in [0.15, 0.2) is 24.3 Å². The number of nitrogens with zero attached hydrogens (tertiary/aromatic N) is 1. The summed E-state index contributed by atoms with van der Waals surface area (Å²) in [5, 5.41) is 0. The van der Waals surface area contributed by atoms with E-state index in [0.717, 1.165) is 12.8 Å². The summed E-state index contributed by atoms with van der Waals surface area (Å²) in [7, 11) is 2.17. The number of anilines is 1. The molecule has 0 bridgehead atoms. The van der Waals surface area contributed by atoms with Gasteiger partial charge in [-0.25, -0.2) is 0 Å². The van der Waals surface area contributed by atoms with Crippen LogP contribution in [0.4, 0.5) is 5.69 Å². The van der Waals surface area contributed by atoms with Crippen LogP contribution >= 0.6 is 0 Å². The minimum atomic E-state index is 0.175. The van der Waals surface area contributed by atoms with Crippen LogP contribution < -0.4 is 10.6 Å². The molecule has 1 rings (SSSR count). The van der Waals surface area contributed by atoms with Crippen molar-refractivity contribution in [2.24, 2.45) is 5.73 Å². The van der Waals surface area contributed by atoms with Gasteiger partial charge in [-0.15, -0.1) is 0 Å². The molecule has 0 spiro atoms. The molecule has 1 atom stereocenters. The van der Waals surface area contributed by atoms with Crippen LogP contribution in [-0.2, 0) is 6.42 Å². The molecule has 0 fully saturated rings. The van der Waals surface area contributed by atoms with Gasteiger partial charge in [0.2, 0.25) is 0 Å². The number of rotatable bonds is 5. The van der Waals surface area contributed by atoms with Gasteiger partial charge in [-0.2, -0.15) is 0 Å². The summed E-state index contributed by atoms with van der Waals surface area (Å²) in [6, 6.07) is 8.76. The average molecular weight is 234 g/mol. The number of benzene rings is 1. The van der Waals surface area contributed by atoms with Gasteiger partial charge >= 0.3 is 0 Å². The van der Waals surface area contributed by atoms with Crippen molar-refractivity contribution in [3.05, 3.63) is 29.8 Å². The Morgan fingerprint density at radius 1 is 1.29 bits per heavy atom. The third-order valence-corrected chi connectivity index (χ3v) is 3.67. The quantitative estimate of drug-likeness (QED) is 0.847. The van der Waals surface area contributed by atoms with Gasteiger partial charge in [0, 0.05) is 24.3 Å². The lowest BCUT2D eigenvalue weighted by atomic mass is 9.96. The van der Waals surface area contributed by atoms with E-state index in [9.17, 15) is 0 Å². The predicted molar refractivity (Wildman–Crippen MR) is 76.6 cm³/mol. The number of nitrogens with two attached hydrogens (primary N) is 1. The Bertz CT molecular complexity index is 356. The maximum absolute atomic E-state index is 5.92. The number of para-hydroxylation sites is 1. The Labute approximate surface area is 106 Å². The third-order valence-electron chi connectivity index (χ3n) is 3.67. The zero-order chi connectivity index (χ0) is 13.1. The van der Waals surface area contributed by atoms with Crippen LogP contribution in [-0.4, -0.2) is 18.6 Å². The molecule has 2 N–H and O–H groups in total. The van der Waals surface area contributed by atoms with Crippen molar-refractivity contribution in [2.75, 3.05) is 11.9 Å². The summed E-state index contributed by atoms with van der Waals surface area (Å²) < 4.78 is 0. The summed E-state index contributed by atoms with van der Waals surface area (Å²) in [6.45, 7) is 8.83. The molecule has 0 saturated carbocycles. The molecule has 0 aliphatic rings. The lowest BCUT2D eigenvalue weighted by Gasteiger charge is -2.38. The van der Waals surface area contributed by atoms with E-state index in [2.05, 4.69) is 63.9 Å². The molecule has 0 aliphatic heterocycles. The Kier molecular flexibility index (Phi) is 4.58. The molecule has 17 heavy (non-hydrogen) atoms. The highest BCUT2D eigenvalue weighted by Crippen LogP contribution is 2.28. The molecule has 1 aromatic rings. The summed E-state index contributed by atoms with van der Waals surface area (Å²) >= 11 is 0. The van der Waals surface area contributed by atoms with Gasteiger partial charge in [0.1, 0.15) is 0 Å². The molecule has 0 amide bonds. The van der Waals surface area contributed by atoms with E-state index in [1.54, 1.807) is 0 Å². The normalized spacial score (nSPS) is 13.5. The van der Waals surface area contributed by atoms with Crippen molar-refractivity contribution in [1.29, 1.82) is 0 Å². The topological polar surface area (TPSA) is 29.3 Å². The maximum atomic E-state index is 5.92. The lowest BCUT2D eigenvalue weighted by Crippen LogP contribution is -2.41. The van der Waals surface area contributed by atoms with Gasteiger partial charge in [0.05, 0.1) is 0 Å². The standard InChI is InChI=1S/C15H26N2/c1-6-15(3,4)17(5)14-10-8-7-9-13(14)11-12(2)16/h7-10,12H,6,11,16H2,1-5H3. The first-order valence-corrected chi connectivity index (χ1v) is 6.45. The van der Waals surface area contributed by atoms with Gasteiger partial charge < -0.3 is 10.6 Å². The van der Waals surface area contributed by atoms with Gasteiger partial charge in [-0.1, -0.05) is 25.1 Å². The first-order chi connectivity index (χ1) is 7.88. The molecule has 96 valence electrons. The van der Waals surface area contributed by atoms with Crippen molar-refractivity contribution in [3.8, 4) is 0 Å². The zero-order valence-electron chi connectivity index (χ0n) is 11.8. The fraction of sp³-hybridized carbons (Fsp3) is 0.600. The molecular formula is C15H26N2. The van der Waals surface area contributed by atoms with Crippen molar-refractivity contribution < 1.29 is 0 Å². The maximum Gasteiger partial charge on any atom is 0.0401 e. The SMILES string of the molecule is CCC(C)(C)N(C)c1ccccc1CC(C)N. The first-order valence-electron chi connectivity index (χ1n) is 6.45. The molecule has 1 aromatic carbocycles. The van der Waals surface area contributed by atoms with Gasteiger partial charge in [0.25, 0.3) is 0 Å². The first kappa shape index (κ1) is 14.0. The minimum absolute atomic E-state index is 0.175. The summed E-state index contributed by atoms with van der Waals surface area (Å²) in [5.74, 6) is 0. The third kappa shape index (κ3) is 3.47. The second-order valence-electron chi connectivity index (χ2n) is 5.54. The monoisotopic (exact) mass is 234 g/mol. The Morgan fingerprint density at radius 2 is 1.88 bits per heavy atom. The molecule has 2 nitrogen and oxygen atoms in total. The highest BCUT2D eigenvalue weighted by atomic mass is 15.2. The average Bonchev–Trinajstić information content (AvgIpc) is 2.28. The van der Waals surface area contributed by atoms with Crippen molar-refractivity contribution in [1.82, 2.24) is 0 Å². The van der Waals surface area contributed by atoms with Crippen LogP contribution in [0.2, 0.25) is 0 Å². The molecule has 0 aromatic heterocycles. The van der Waals surface area contributed by atoms with E-state index < -0.39 is 0 Å². The van der Waals surface area contributed by atoms with Crippen LogP contribution in [0.5, 0.6) is 0 Å². The second kappa shape index (κ2) is 5.54. The molecule has 0 heterocycles. The fourth-order valence-corrected chi connectivity index (χ4v) is 1.92. The highest BCUT2D eigenvalue weighted by molar-refractivity contribution is 5.55. The van der Waals surface area contributed by atoms with Crippen molar-refractivity contribution in [3.63, 3.8) is 0 Å². The Morgan fingerprint density at radius 3 is 2.41 bits per heavy atom. The summed E-state index contributed by atoms with van der Waals surface area (Å²) in [4.78, 5) is 2.37. The van der Waals surface area contributed by atoms with E-state index in [4.69, 9.17) is 5.73 Å². The molecular weight excluding hydrogens is 208 g/mol. The molecule has 2 heteroatoms. The van der Waals surface area contributed by atoms with Crippen LogP contribution in [0, 0.1) is 0 Å². The van der Waals surface area contributed by atoms with E-state index >= 15 is 0 Å². The van der Waals surface area contributed by atoms with Crippen LogP contribution in [0.25, 0.3) is 0 Å². The summed E-state index contributed by atoms with van der Waals surface area (Å²) in [5.41, 5.74) is 8.73.